The van der Waals surface area contributed by atoms with Crippen molar-refractivity contribution in [3.8, 4) is 0 Å². The normalized spacial score (nSPS) is 19.5. The van der Waals surface area contributed by atoms with E-state index >= 15 is 0 Å². The monoisotopic (exact) mass is 318 g/mol. The van der Waals surface area contributed by atoms with Gasteiger partial charge in [0, 0.05) is 32.7 Å². The van der Waals surface area contributed by atoms with Gasteiger partial charge in [0.15, 0.2) is 17.0 Å². The fourth-order valence-electron chi connectivity index (χ4n) is 3.05. The van der Waals surface area contributed by atoms with Crippen LogP contribution in [-0.2, 0) is 16.0 Å². The van der Waals surface area contributed by atoms with E-state index in [9.17, 15) is 0 Å². The number of aryl methyl sites for hydroxylation is 1. The van der Waals surface area contributed by atoms with E-state index in [1.807, 2.05) is 6.33 Å². The van der Waals surface area contributed by atoms with Crippen molar-refractivity contribution in [1.82, 2.24) is 19.5 Å². The fourth-order valence-corrected chi connectivity index (χ4v) is 3.05. The van der Waals surface area contributed by atoms with E-state index in [0.29, 0.717) is 0 Å². The number of morpholine rings is 2. The lowest BCUT2D eigenvalue weighted by atomic mass is 10.3. The summed E-state index contributed by atoms with van der Waals surface area (Å²) in [4.78, 5) is 18.6. The topological polar surface area (TPSA) is 68.5 Å². The Bertz CT molecular complexity index is 676. The van der Waals surface area contributed by atoms with Crippen LogP contribution in [0.1, 0.15) is 6.92 Å². The van der Waals surface area contributed by atoms with Crippen LogP contribution >= 0.6 is 0 Å². The Morgan fingerprint density at radius 1 is 0.957 bits per heavy atom. The molecule has 0 radical (unpaired) electrons. The molecule has 8 nitrogen and oxygen atoms in total. The van der Waals surface area contributed by atoms with Crippen molar-refractivity contribution in [2.45, 2.75) is 13.5 Å². The van der Waals surface area contributed by atoms with Crippen LogP contribution in [-0.4, -0.2) is 72.1 Å². The Balaban J connectivity index is 1.79. The zero-order valence-electron chi connectivity index (χ0n) is 13.4. The zero-order valence-corrected chi connectivity index (χ0v) is 13.4. The van der Waals surface area contributed by atoms with Crippen molar-refractivity contribution in [2.24, 2.45) is 0 Å². The second-order valence-electron chi connectivity index (χ2n) is 5.75. The number of rotatable bonds is 3. The molecule has 4 heterocycles. The van der Waals surface area contributed by atoms with Crippen molar-refractivity contribution in [3.05, 3.63) is 6.33 Å². The average molecular weight is 318 g/mol. The number of anilines is 2. The summed E-state index contributed by atoms with van der Waals surface area (Å²) in [7, 11) is 0. The molecule has 8 heteroatoms. The van der Waals surface area contributed by atoms with E-state index in [0.717, 1.165) is 82.1 Å². The maximum Gasteiger partial charge on any atom is 0.229 e. The molecule has 0 aliphatic carbocycles. The highest BCUT2D eigenvalue weighted by molar-refractivity contribution is 5.85. The molecule has 0 aromatic carbocycles. The van der Waals surface area contributed by atoms with Gasteiger partial charge in [-0.3, -0.25) is 0 Å². The van der Waals surface area contributed by atoms with Crippen molar-refractivity contribution in [3.63, 3.8) is 0 Å². The largest absolute Gasteiger partial charge is 0.378 e. The lowest BCUT2D eigenvalue weighted by Gasteiger charge is -2.30. The molecule has 4 rings (SSSR count). The Labute approximate surface area is 135 Å². The molecular formula is C15H22N6O2. The highest BCUT2D eigenvalue weighted by Gasteiger charge is 2.23. The minimum absolute atomic E-state index is 0.724. The van der Waals surface area contributed by atoms with Crippen LogP contribution in [0.3, 0.4) is 0 Å². The van der Waals surface area contributed by atoms with E-state index in [1.165, 1.54) is 0 Å². The predicted octanol–water partition coefficient (Wildman–Crippen LogP) is 0.519. The van der Waals surface area contributed by atoms with Gasteiger partial charge in [-0.25, -0.2) is 4.98 Å². The average Bonchev–Trinajstić information content (AvgIpc) is 3.05. The van der Waals surface area contributed by atoms with Gasteiger partial charge in [0.1, 0.15) is 0 Å². The van der Waals surface area contributed by atoms with Gasteiger partial charge in [-0.05, 0) is 6.92 Å². The number of imidazole rings is 1. The van der Waals surface area contributed by atoms with E-state index in [2.05, 4.69) is 26.3 Å². The van der Waals surface area contributed by atoms with E-state index in [1.54, 1.807) is 0 Å². The van der Waals surface area contributed by atoms with Gasteiger partial charge in [-0.1, -0.05) is 0 Å². The van der Waals surface area contributed by atoms with Crippen LogP contribution in [0.25, 0.3) is 11.2 Å². The third-order valence-corrected chi connectivity index (χ3v) is 4.38. The van der Waals surface area contributed by atoms with Crippen molar-refractivity contribution in [2.75, 3.05) is 62.4 Å². The van der Waals surface area contributed by atoms with Crippen LogP contribution in [0.15, 0.2) is 6.33 Å². The van der Waals surface area contributed by atoms with Crippen LogP contribution in [0.2, 0.25) is 0 Å². The van der Waals surface area contributed by atoms with Crippen LogP contribution in [0.5, 0.6) is 0 Å². The number of hydrogen-bond donors (Lipinski definition) is 0. The third kappa shape index (κ3) is 2.72. The quantitative estimate of drug-likeness (QED) is 0.817. The van der Waals surface area contributed by atoms with Gasteiger partial charge < -0.3 is 23.8 Å². The number of hydrogen-bond acceptors (Lipinski definition) is 7. The second-order valence-corrected chi connectivity index (χ2v) is 5.75. The van der Waals surface area contributed by atoms with E-state index < -0.39 is 0 Å². The molecule has 2 saturated heterocycles. The molecule has 0 saturated carbocycles. The second kappa shape index (κ2) is 6.29. The summed E-state index contributed by atoms with van der Waals surface area (Å²) in [6.45, 7) is 9.19. The molecule has 0 atom stereocenters. The van der Waals surface area contributed by atoms with Crippen molar-refractivity contribution in [1.29, 1.82) is 0 Å². The number of nitrogens with zero attached hydrogens (tertiary/aromatic N) is 6. The van der Waals surface area contributed by atoms with Gasteiger partial charge in [-0.15, -0.1) is 0 Å². The van der Waals surface area contributed by atoms with Crippen molar-refractivity contribution < 1.29 is 9.47 Å². The Morgan fingerprint density at radius 3 is 2.26 bits per heavy atom. The summed E-state index contributed by atoms with van der Waals surface area (Å²) < 4.78 is 13.0. The van der Waals surface area contributed by atoms with Crippen molar-refractivity contribution >= 4 is 22.9 Å². The SMILES string of the molecule is CCn1cnc2c(N3CCOCC3)nc(N3CCOCC3)nc21. The third-order valence-electron chi connectivity index (χ3n) is 4.38. The molecule has 124 valence electrons. The first-order valence-corrected chi connectivity index (χ1v) is 8.25. The Morgan fingerprint density at radius 2 is 1.61 bits per heavy atom. The first kappa shape index (κ1) is 14.6. The standard InChI is InChI=1S/C15H22N6O2/c1-2-19-11-16-12-13(19)17-15(21-5-9-23-10-6-21)18-14(12)20-3-7-22-8-4-20/h11H,2-10H2,1H3. The summed E-state index contributed by atoms with van der Waals surface area (Å²) in [5.41, 5.74) is 1.79. The smallest absolute Gasteiger partial charge is 0.229 e. The van der Waals surface area contributed by atoms with Crippen LogP contribution in [0.4, 0.5) is 11.8 Å². The van der Waals surface area contributed by atoms with Gasteiger partial charge >= 0.3 is 0 Å². The summed E-state index contributed by atoms with van der Waals surface area (Å²) in [6.07, 6.45) is 1.85. The molecule has 0 N–H and O–H groups in total. The Kier molecular flexibility index (Phi) is 4.00. The minimum Gasteiger partial charge on any atom is -0.378 e. The lowest BCUT2D eigenvalue weighted by Crippen LogP contribution is -2.39. The van der Waals surface area contributed by atoms with Gasteiger partial charge in [0.2, 0.25) is 5.95 Å². The van der Waals surface area contributed by atoms with Gasteiger partial charge in [0.25, 0.3) is 0 Å². The first-order valence-electron chi connectivity index (χ1n) is 8.25. The highest BCUT2D eigenvalue weighted by Crippen LogP contribution is 2.26. The first-order chi connectivity index (χ1) is 11.4. The fraction of sp³-hybridized carbons (Fsp3) is 0.667. The Hall–Kier alpha value is -1.93. The molecule has 2 aliphatic rings. The number of fused-ring (bicyclic) bond motifs is 1. The summed E-state index contributed by atoms with van der Waals surface area (Å²) in [5.74, 6) is 1.70. The van der Waals surface area contributed by atoms with Crippen LogP contribution in [0, 0.1) is 0 Å². The summed E-state index contributed by atoms with van der Waals surface area (Å²) in [5, 5.41) is 0. The molecule has 2 aromatic rings. The number of aromatic nitrogens is 4. The molecule has 2 aliphatic heterocycles. The van der Waals surface area contributed by atoms with E-state index in [-0.39, 0.29) is 0 Å². The molecule has 0 spiro atoms. The molecule has 2 aromatic heterocycles. The molecule has 2 fully saturated rings. The highest BCUT2D eigenvalue weighted by atomic mass is 16.5. The molecular weight excluding hydrogens is 296 g/mol. The molecule has 23 heavy (non-hydrogen) atoms. The summed E-state index contributed by atoms with van der Waals surface area (Å²) in [6, 6.07) is 0. The minimum atomic E-state index is 0.724. The zero-order chi connectivity index (χ0) is 15.6. The van der Waals surface area contributed by atoms with E-state index in [4.69, 9.17) is 19.4 Å². The van der Waals surface area contributed by atoms with Gasteiger partial charge in [0.05, 0.1) is 32.8 Å². The molecule has 0 bridgehead atoms. The van der Waals surface area contributed by atoms with Crippen LogP contribution < -0.4 is 9.80 Å². The molecule has 0 amide bonds. The predicted molar refractivity (Wildman–Crippen MR) is 87.1 cm³/mol. The lowest BCUT2D eigenvalue weighted by molar-refractivity contribution is 0.121. The maximum absolute atomic E-state index is 5.47. The molecule has 0 unspecified atom stereocenters. The number of ether oxygens (including phenoxy) is 2. The summed E-state index contributed by atoms with van der Waals surface area (Å²) >= 11 is 0. The maximum atomic E-state index is 5.47. The van der Waals surface area contributed by atoms with Gasteiger partial charge in [-0.2, -0.15) is 9.97 Å².